The smallest absolute Gasteiger partial charge is 0.316 e. The van der Waals surface area contributed by atoms with E-state index in [1.54, 1.807) is 17.8 Å². The molecule has 26 heavy (non-hydrogen) atoms. The maximum Gasteiger partial charge on any atom is 0.316 e. The van der Waals surface area contributed by atoms with Crippen molar-refractivity contribution in [2.75, 3.05) is 11.9 Å². The number of aryl methyl sites for hydroxylation is 3. The van der Waals surface area contributed by atoms with Gasteiger partial charge in [0.2, 0.25) is 0 Å². The van der Waals surface area contributed by atoms with Crippen LogP contribution in [0.15, 0.2) is 36.4 Å². The van der Waals surface area contributed by atoms with E-state index in [1.807, 2.05) is 51.1 Å². The number of hydrogen-bond acceptors (Lipinski definition) is 5. The Bertz CT molecular complexity index is 911. The average Bonchev–Trinajstić information content (AvgIpc) is 3.01. The molecule has 1 amide bonds. The number of nitrogens with zero attached hydrogens (tertiary/aromatic N) is 4. The molecule has 3 rings (SSSR count). The van der Waals surface area contributed by atoms with Gasteiger partial charge in [-0.15, -0.1) is 0 Å². The summed E-state index contributed by atoms with van der Waals surface area (Å²) in [6, 6.07) is 11.8. The summed E-state index contributed by atoms with van der Waals surface area (Å²) < 4.78 is 6.90. The Labute approximate surface area is 152 Å². The highest BCUT2D eigenvalue weighted by atomic mass is 16.5. The molecule has 0 fully saturated rings. The number of amides is 1. The Kier molecular flexibility index (Phi) is 4.97. The van der Waals surface area contributed by atoms with Crippen LogP contribution < -0.4 is 10.1 Å². The average molecular weight is 351 g/mol. The van der Waals surface area contributed by atoms with Crippen molar-refractivity contribution in [3.05, 3.63) is 53.5 Å². The van der Waals surface area contributed by atoms with Gasteiger partial charge in [0.1, 0.15) is 5.69 Å². The van der Waals surface area contributed by atoms with Crippen LogP contribution in [0, 0.1) is 13.8 Å². The third-order valence-electron chi connectivity index (χ3n) is 3.94. The number of carbonyl (C=O) groups is 1. The van der Waals surface area contributed by atoms with E-state index in [2.05, 4.69) is 20.4 Å². The standard InChI is InChI=1S/C19H21N5O2/c1-5-26-19-20-12(2)17(13(3)21-19)22-18(25)16-11-15(23-24(16)4)14-9-7-6-8-10-14/h6-11H,5H2,1-4H3,(H,22,25). The fourth-order valence-electron chi connectivity index (χ4n) is 2.67. The first-order valence-corrected chi connectivity index (χ1v) is 8.38. The lowest BCUT2D eigenvalue weighted by Gasteiger charge is -2.12. The van der Waals surface area contributed by atoms with Crippen molar-refractivity contribution in [2.24, 2.45) is 7.05 Å². The van der Waals surface area contributed by atoms with Gasteiger partial charge in [-0.25, -0.2) is 0 Å². The quantitative estimate of drug-likeness (QED) is 0.763. The third-order valence-corrected chi connectivity index (χ3v) is 3.94. The number of anilines is 1. The topological polar surface area (TPSA) is 81.9 Å². The van der Waals surface area contributed by atoms with Gasteiger partial charge in [-0.3, -0.25) is 9.48 Å². The molecule has 7 heteroatoms. The van der Waals surface area contributed by atoms with E-state index in [9.17, 15) is 4.79 Å². The van der Waals surface area contributed by atoms with Gasteiger partial charge in [0.25, 0.3) is 5.91 Å². The summed E-state index contributed by atoms with van der Waals surface area (Å²) in [4.78, 5) is 21.3. The molecule has 0 saturated heterocycles. The van der Waals surface area contributed by atoms with Gasteiger partial charge in [-0.2, -0.15) is 15.1 Å². The number of aromatic nitrogens is 4. The maximum atomic E-state index is 12.7. The minimum atomic E-state index is -0.263. The van der Waals surface area contributed by atoms with E-state index in [4.69, 9.17) is 4.74 Å². The fourth-order valence-corrected chi connectivity index (χ4v) is 2.67. The Morgan fingerprint density at radius 3 is 2.42 bits per heavy atom. The summed E-state index contributed by atoms with van der Waals surface area (Å²) in [5.74, 6) is -0.263. The Morgan fingerprint density at radius 2 is 1.81 bits per heavy atom. The first kappa shape index (κ1) is 17.6. The first-order valence-electron chi connectivity index (χ1n) is 8.38. The highest BCUT2D eigenvalue weighted by molar-refractivity contribution is 6.04. The van der Waals surface area contributed by atoms with Crippen LogP contribution in [0.5, 0.6) is 6.01 Å². The summed E-state index contributed by atoms with van der Waals surface area (Å²) in [5, 5.41) is 7.32. The predicted molar refractivity (Wildman–Crippen MR) is 99.3 cm³/mol. The molecule has 0 spiro atoms. The first-order chi connectivity index (χ1) is 12.5. The van der Waals surface area contributed by atoms with Crippen LogP contribution in [0.1, 0.15) is 28.8 Å². The zero-order valence-electron chi connectivity index (χ0n) is 15.3. The summed E-state index contributed by atoms with van der Waals surface area (Å²) in [6.07, 6.45) is 0. The number of carbonyl (C=O) groups excluding carboxylic acids is 1. The van der Waals surface area contributed by atoms with Crippen molar-refractivity contribution in [3.8, 4) is 17.3 Å². The zero-order chi connectivity index (χ0) is 18.7. The number of rotatable bonds is 5. The molecule has 0 aliphatic heterocycles. The highest BCUT2D eigenvalue weighted by Gasteiger charge is 2.18. The van der Waals surface area contributed by atoms with E-state index < -0.39 is 0 Å². The summed E-state index contributed by atoms with van der Waals surface area (Å²) in [6.45, 7) is 5.98. The van der Waals surface area contributed by atoms with Gasteiger partial charge in [0, 0.05) is 12.6 Å². The van der Waals surface area contributed by atoms with Gasteiger partial charge in [-0.05, 0) is 26.8 Å². The molecule has 1 aromatic carbocycles. The lowest BCUT2D eigenvalue weighted by atomic mass is 10.1. The van der Waals surface area contributed by atoms with Crippen LogP contribution in [0.2, 0.25) is 0 Å². The number of nitrogens with one attached hydrogen (secondary N) is 1. The van der Waals surface area contributed by atoms with Gasteiger partial charge < -0.3 is 10.1 Å². The predicted octanol–water partition coefficient (Wildman–Crippen LogP) is 3.14. The van der Waals surface area contributed by atoms with Gasteiger partial charge >= 0.3 is 6.01 Å². The van der Waals surface area contributed by atoms with Crippen molar-refractivity contribution in [3.63, 3.8) is 0 Å². The van der Waals surface area contributed by atoms with Crippen molar-refractivity contribution >= 4 is 11.6 Å². The molecule has 0 radical (unpaired) electrons. The van der Waals surface area contributed by atoms with Crippen LogP contribution in [-0.2, 0) is 7.05 Å². The monoisotopic (exact) mass is 351 g/mol. The molecular weight excluding hydrogens is 330 g/mol. The number of hydrogen-bond donors (Lipinski definition) is 1. The van der Waals surface area contributed by atoms with Crippen molar-refractivity contribution in [1.29, 1.82) is 0 Å². The van der Waals surface area contributed by atoms with E-state index in [-0.39, 0.29) is 5.91 Å². The third kappa shape index (κ3) is 3.56. The molecule has 3 aromatic rings. The van der Waals surface area contributed by atoms with Gasteiger partial charge in [0.15, 0.2) is 0 Å². The van der Waals surface area contributed by atoms with Crippen LogP contribution in [0.4, 0.5) is 5.69 Å². The van der Waals surface area contributed by atoms with Gasteiger partial charge in [-0.1, -0.05) is 30.3 Å². The SMILES string of the molecule is CCOc1nc(C)c(NC(=O)c2cc(-c3ccccc3)nn2C)c(C)n1. The van der Waals surface area contributed by atoms with Crippen LogP contribution >= 0.6 is 0 Å². The molecule has 2 aromatic heterocycles. The van der Waals surface area contributed by atoms with Crippen molar-refractivity contribution in [1.82, 2.24) is 19.7 Å². The van der Waals surface area contributed by atoms with E-state index in [0.29, 0.717) is 35.4 Å². The Hall–Kier alpha value is -3.22. The minimum absolute atomic E-state index is 0.263. The molecule has 0 aliphatic carbocycles. The summed E-state index contributed by atoms with van der Waals surface area (Å²) in [5.41, 5.74) is 4.05. The molecule has 0 aliphatic rings. The summed E-state index contributed by atoms with van der Waals surface area (Å²) in [7, 11) is 1.75. The van der Waals surface area contributed by atoms with E-state index in [1.165, 1.54) is 0 Å². The van der Waals surface area contributed by atoms with E-state index >= 15 is 0 Å². The fraction of sp³-hybridized carbons (Fsp3) is 0.263. The Balaban J connectivity index is 1.86. The summed E-state index contributed by atoms with van der Waals surface area (Å²) >= 11 is 0. The molecule has 0 saturated carbocycles. The number of ether oxygens (including phenoxy) is 1. The molecule has 7 nitrogen and oxygen atoms in total. The van der Waals surface area contributed by atoms with Crippen molar-refractivity contribution < 1.29 is 9.53 Å². The van der Waals surface area contributed by atoms with Crippen LogP contribution in [0.25, 0.3) is 11.3 Å². The van der Waals surface area contributed by atoms with Crippen LogP contribution in [0.3, 0.4) is 0 Å². The van der Waals surface area contributed by atoms with Gasteiger partial charge in [0.05, 0.1) is 29.4 Å². The molecule has 0 unspecified atom stereocenters. The molecule has 0 bridgehead atoms. The lowest BCUT2D eigenvalue weighted by molar-refractivity contribution is 0.101. The molecule has 0 atom stereocenters. The maximum absolute atomic E-state index is 12.7. The minimum Gasteiger partial charge on any atom is -0.464 e. The highest BCUT2D eigenvalue weighted by Crippen LogP contribution is 2.22. The lowest BCUT2D eigenvalue weighted by Crippen LogP contribution is -2.18. The molecule has 2 heterocycles. The second-order valence-electron chi connectivity index (χ2n) is 5.84. The molecular formula is C19H21N5O2. The largest absolute Gasteiger partial charge is 0.464 e. The van der Waals surface area contributed by atoms with E-state index in [0.717, 1.165) is 11.3 Å². The Morgan fingerprint density at radius 1 is 1.15 bits per heavy atom. The zero-order valence-corrected chi connectivity index (χ0v) is 15.3. The van der Waals surface area contributed by atoms with Crippen molar-refractivity contribution in [2.45, 2.75) is 20.8 Å². The molecule has 1 N–H and O–H groups in total. The molecule has 134 valence electrons. The van der Waals surface area contributed by atoms with Crippen LogP contribution in [-0.4, -0.2) is 32.3 Å². The normalized spacial score (nSPS) is 10.6. The number of benzene rings is 1. The second kappa shape index (κ2) is 7.35. The second-order valence-corrected chi connectivity index (χ2v) is 5.84.